The zero-order valence-electron chi connectivity index (χ0n) is 12.3. The molecule has 1 aliphatic rings. The Labute approximate surface area is 124 Å². The van der Waals surface area contributed by atoms with Crippen molar-refractivity contribution in [3.05, 3.63) is 31.0 Å². The van der Waals surface area contributed by atoms with Gasteiger partial charge >= 0.3 is 0 Å². The van der Waals surface area contributed by atoms with Crippen molar-refractivity contribution in [1.29, 1.82) is 0 Å². The van der Waals surface area contributed by atoms with Crippen LogP contribution in [0.3, 0.4) is 0 Å². The van der Waals surface area contributed by atoms with E-state index in [2.05, 4.69) is 27.3 Å². The molecule has 3 rings (SSSR count). The maximum absolute atomic E-state index is 5.78. The quantitative estimate of drug-likeness (QED) is 0.915. The number of anilines is 1. The van der Waals surface area contributed by atoms with E-state index in [1.807, 2.05) is 18.3 Å². The van der Waals surface area contributed by atoms with E-state index in [0.29, 0.717) is 12.1 Å². The van der Waals surface area contributed by atoms with Crippen molar-refractivity contribution in [2.75, 3.05) is 11.9 Å². The first-order valence-electron chi connectivity index (χ1n) is 7.54. The molecule has 2 atom stereocenters. The summed E-state index contributed by atoms with van der Waals surface area (Å²) in [5.74, 6) is 0.772. The first-order chi connectivity index (χ1) is 10.3. The van der Waals surface area contributed by atoms with E-state index in [1.165, 1.54) is 12.7 Å². The fourth-order valence-electron chi connectivity index (χ4n) is 2.70. The molecule has 112 valence electrons. The van der Waals surface area contributed by atoms with E-state index < -0.39 is 0 Å². The van der Waals surface area contributed by atoms with Crippen molar-refractivity contribution >= 4 is 5.69 Å². The topological polar surface area (TPSA) is 64.9 Å². The van der Waals surface area contributed by atoms with E-state index in [4.69, 9.17) is 4.74 Å². The number of nitrogens with one attached hydrogen (secondary N) is 1. The van der Waals surface area contributed by atoms with Crippen LogP contribution >= 0.6 is 0 Å². The van der Waals surface area contributed by atoms with Crippen LogP contribution < -0.4 is 5.32 Å². The van der Waals surface area contributed by atoms with Crippen molar-refractivity contribution in [1.82, 2.24) is 19.7 Å². The summed E-state index contributed by atoms with van der Waals surface area (Å²) >= 11 is 0. The zero-order valence-corrected chi connectivity index (χ0v) is 12.3. The highest BCUT2D eigenvalue weighted by molar-refractivity contribution is 5.44. The lowest BCUT2D eigenvalue weighted by Crippen LogP contribution is -2.34. The van der Waals surface area contributed by atoms with E-state index >= 15 is 0 Å². The largest absolute Gasteiger partial charge is 0.381 e. The fraction of sp³-hybridized carbons (Fsp3) is 0.533. The number of rotatable bonds is 5. The molecule has 0 radical (unpaired) electrons. The second-order valence-electron chi connectivity index (χ2n) is 5.39. The second-order valence-corrected chi connectivity index (χ2v) is 5.39. The van der Waals surface area contributed by atoms with Gasteiger partial charge in [-0.3, -0.25) is 0 Å². The highest BCUT2D eigenvalue weighted by Crippen LogP contribution is 2.21. The van der Waals surface area contributed by atoms with Crippen LogP contribution in [0.5, 0.6) is 0 Å². The third kappa shape index (κ3) is 3.58. The Kier molecular flexibility index (Phi) is 4.45. The first kappa shape index (κ1) is 14.0. The zero-order chi connectivity index (χ0) is 14.5. The van der Waals surface area contributed by atoms with Crippen LogP contribution in [0.2, 0.25) is 0 Å². The van der Waals surface area contributed by atoms with Gasteiger partial charge in [0.1, 0.15) is 12.7 Å². The van der Waals surface area contributed by atoms with Gasteiger partial charge in [-0.1, -0.05) is 13.3 Å². The van der Waals surface area contributed by atoms with Crippen LogP contribution in [0.1, 0.15) is 32.6 Å². The Morgan fingerprint density at radius 2 is 2.38 bits per heavy atom. The van der Waals surface area contributed by atoms with Crippen LogP contribution in [0, 0.1) is 0 Å². The van der Waals surface area contributed by atoms with Gasteiger partial charge in [0.15, 0.2) is 5.82 Å². The van der Waals surface area contributed by atoms with Crippen molar-refractivity contribution in [2.24, 2.45) is 0 Å². The average Bonchev–Trinajstić information content (AvgIpc) is 3.03. The molecule has 1 aliphatic heterocycles. The summed E-state index contributed by atoms with van der Waals surface area (Å²) in [6.07, 6.45) is 9.81. The van der Waals surface area contributed by atoms with Crippen LogP contribution in [0.25, 0.3) is 5.82 Å². The summed E-state index contributed by atoms with van der Waals surface area (Å²) in [5, 5.41) is 7.62. The molecule has 3 heterocycles. The number of pyridine rings is 1. The third-order valence-corrected chi connectivity index (χ3v) is 3.75. The van der Waals surface area contributed by atoms with Crippen LogP contribution in [0.4, 0.5) is 5.69 Å². The van der Waals surface area contributed by atoms with Gasteiger partial charge in [0.2, 0.25) is 0 Å². The minimum Gasteiger partial charge on any atom is -0.381 e. The van der Waals surface area contributed by atoms with Gasteiger partial charge in [0, 0.05) is 12.6 Å². The Morgan fingerprint density at radius 1 is 1.43 bits per heavy atom. The molecule has 0 aromatic carbocycles. The summed E-state index contributed by atoms with van der Waals surface area (Å²) in [6.45, 7) is 3.04. The van der Waals surface area contributed by atoms with Gasteiger partial charge in [0.05, 0.1) is 18.0 Å². The minimum atomic E-state index is 0.392. The van der Waals surface area contributed by atoms with Gasteiger partial charge in [-0.2, -0.15) is 5.10 Å². The highest BCUT2D eigenvalue weighted by Gasteiger charge is 2.21. The number of aromatic nitrogens is 4. The van der Waals surface area contributed by atoms with Crippen molar-refractivity contribution in [3.63, 3.8) is 0 Å². The van der Waals surface area contributed by atoms with Gasteiger partial charge in [-0.15, -0.1) is 0 Å². The third-order valence-electron chi connectivity index (χ3n) is 3.75. The highest BCUT2D eigenvalue weighted by atomic mass is 16.5. The summed E-state index contributed by atoms with van der Waals surface area (Å²) in [7, 11) is 0. The summed E-state index contributed by atoms with van der Waals surface area (Å²) in [6, 6.07) is 4.45. The number of hydrogen-bond acceptors (Lipinski definition) is 5. The Bertz CT molecular complexity index is 538. The number of ether oxygens (including phenoxy) is 1. The van der Waals surface area contributed by atoms with Crippen LogP contribution in [-0.4, -0.2) is 38.5 Å². The molecule has 2 unspecified atom stereocenters. The second kappa shape index (κ2) is 6.67. The smallest absolute Gasteiger partial charge is 0.155 e. The SMILES string of the molecule is CCCC1CC(Nc2ccc(-n3cncn3)nc2)CCO1. The number of hydrogen-bond donors (Lipinski definition) is 1. The normalized spacial score (nSPS) is 22.1. The molecule has 2 aromatic rings. The predicted molar refractivity (Wildman–Crippen MR) is 80.4 cm³/mol. The lowest BCUT2D eigenvalue weighted by Gasteiger charge is -2.30. The van der Waals surface area contributed by atoms with Crippen LogP contribution in [0.15, 0.2) is 31.0 Å². The van der Waals surface area contributed by atoms with Gasteiger partial charge in [0.25, 0.3) is 0 Å². The van der Waals surface area contributed by atoms with E-state index in [1.54, 1.807) is 11.0 Å². The predicted octanol–water partition coefficient (Wildman–Crippen LogP) is 2.42. The standard InChI is InChI=1S/C15H21N5O/c1-2-3-14-8-12(6-7-21-14)19-13-4-5-15(17-9-13)20-11-16-10-18-20/h4-5,9-12,14,19H,2-3,6-8H2,1H3. The molecule has 0 bridgehead atoms. The molecule has 6 nitrogen and oxygen atoms in total. The molecular formula is C15H21N5O. The molecule has 6 heteroatoms. The molecular weight excluding hydrogens is 266 g/mol. The monoisotopic (exact) mass is 287 g/mol. The minimum absolute atomic E-state index is 0.392. The Morgan fingerprint density at radius 3 is 3.10 bits per heavy atom. The van der Waals surface area contributed by atoms with Crippen molar-refractivity contribution in [2.45, 2.75) is 44.8 Å². The molecule has 0 spiro atoms. The molecule has 21 heavy (non-hydrogen) atoms. The molecule has 1 N–H and O–H groups in total. The average molecular weight is 287 g/mol. The molecule has 1 fully saturated rings. The maximum atomic E-state index is 5.78. The van der Waals surface area contributed by atoms with Gasteiger partial charge < -0.3 is 10.1 Å². The molecule has 1 saturated heterocycles. The lowest BCUT2D eigenvalue weighted by atomic mass is 10.00. The lowest BCUT2D eigenvalue weighted by molar-refractivity contribution is 0.00597. The van der Waals surface area contributed by atoms with Crippen molar-refractivity contribution < 1.29 is 4.74 Å². The van der Waals surface area contributed by atoms with Gasteiger partial charge in [-0.05, 0) is 31.4 Å². The summed E-state index contributed by atoms with van der Waals surface area (Å²) < 4.78 is 7.43. The Balaban J connectivity index is 1.60. The molecule has 0 amide bonds. The van der Waals surface area contributed by atoms with E-state index in [-0.39, 0.29) is 0 Å². The molecule has 2 aromatic heterocycles. The number of nitrogens with zero attached hydrogens (tertiary/aromatic N) is 4. The van der Waals surface area contributed by atoms with E-state index in [9.17, 15) is 0 Å². The summed E-state index contributed by atoms with van der Waals surface area (Å²) in [5.41, 5.74) is 1.04. The van der Waals surface area contributed by atoms with Crippen LogP contribution in [-0.2, 0) is 4.74 Å². The summed E-state index contributed by atoms with van der Waals surface area (Å²) in [4.78, 5) is 8.33. The maximum Gasteiger partial charge on any atom is 0.155 e. The van der Waals surface area contributed by atoms with Gasteiger partial charge in [-0.25, -0.2) is 14.6 Å². The first-order valence-corrected chi connectivity index (χ1v) is 7.54. The Hall–Kier alpha value is -1.95. The molecule has 0 saturated carbocycles. The van der Waals surface area contributed by atoms with E-state index in [0.717, 1.165) is 37.4 Å². The fourth-order valence-corrected chi connectivity index (χ4v) is 2.70. The molecule has 0 aliphatic carbocycles. The van der Waals surface area contributed by atoms with Crippen molar-refractivity contribution in [3.8, 4) is 5.82 Å².